The van der Waals surface area contributed by atoms with Crippen LogP contribution in [0.3, 0.4) is 0 Å². The second-order valence-corrected chi connectivity index (χ2v) is 5.32. The molecule has 1 amide bonds. The lowest BCUT2D eigenvalue weighted by Gasteiger charge is -2.14. The highest BCUT2D eigenvalue weighted by Gasteiger charge is 2.22. The van der Waals surface area contributed by atoms with Gasteiger partial charge in [0.25, 0.3) is 0 Å². The summed E-state index contributed by atoms with van der Waals surface area (Å²) in [5.74, 6) is 1.03. The normalized spacial score (nSPS) is 18.6. The van der Waals surface area contributed by atoms with Crippen LogP contribution in [-0.4, -0.2) is 25.1 Å². The predicted octanol–water partition coefficient (Wildman–Crippen LogP) is 2.33. The van der Waals surface area contributed by atoms with Gasteiger partial charge in [0, 0.05) is 12.2 Å². The molecular weight excluding hydrogens is 240 g/mol. The van der Waals surface area contributed by atoms with Gasteiger partial charge in [-0.25, -0.2) is 0 Å². The second-order valence-electron chi connectivity index (χ2n) is 5.32. The maximum absolute atomic E-state index is 12.0. The van der Waals surface area contributed by atoms with Crippen LogP contribution in [0.1, 0.15) is 25.8 Å². The summed E-state index contributed by atoms with van der Waals surface area (Å²) in [6, 6.07) is 5.77. The number of ether oxygens (including phenoxy) is 1. The molecule has 0 radical (unpaired) electrons. The first kappa shape index (κ1) is 13.9. The Morgan fingerprint density at radius 2 is 2.26 bits per heavy atom. The average molecular weight is 262 g/mol. The van der Waals surface area contributed by atoms with E-state index in [0.717, 1.165) is 36.5 Å². The molecule has 19 heavy (non-hydrogen) atoms. The number of anilines is 1. The zero-order valence-corrected chi connectivity index (χ0v) is 11.8. The molecule has 1 fully saturated rings. The first-order valence-electron chi connectivity index (χ1n) is 6.85. The number of carbonyl (C=O) groups is 1. The van der Waals surface area contributed by atoms with Crippen LogP contribution in [0.5, 0.6) is 5.75 Å². The topological polar surface area (TPSA) is 50.4 Å². The van der Waals surface area contributed by atoms with Gasteiger partial charge in [-0.1, -0.05) is 0 Å². The predicted molar refractivity (Wildman–Crippen MR) is 76.5 cm³/mol. The highest BCUT2D eigenvalue weighted by Crippen LogP contribution is 2.23. The third-order valence-corrected chi connectivity index (χ3v) is 3.26. The van der Waals surface area contributed by atoms with Crippen molar-refractivity contribution in [1.29, 1.82) is 0 Å². The summed E-state index contributed by atoms with van der Waals surface area (Å²) in [5, 5.41) is 6.20. The molecular formula is C15H22N2O2. The van der Waals surface area contributed by atoms with Gasteiger partial charge in [-0.15, -0.1) is 0 Å². The summed E-state index contributed by atoms with van der Waals surface area (Å²) in [6.07, 6.45) is 1.07. The Morgan fingerprint density at radius 1 is 1.47 bits per heavy atom. The number of carbonyl (C=O) groups excluding carboxylic acids is 1. The highest BCUT2D eigenvalue weighted by molar-refractivity contribution is 5.93. The fraction of sp³-hybridized carbons (Fsp3) is 0.533. The summed E-state index contributed by atoms with van der Waals surface area (Å²) < 4.78 is 5.63. The maximum atomic E-state index is 12.0. The van der Waals surface area contributed by atoms with E-state index >= 15 is 0 Å². The summed E-state index contributed by atoms with van der Waals surface area (Å²) >= 11 is 0. The van der Waals surface area contributed by atoms with Gasteiger partial charge in [0.1, 0.15) is 5.75 Å². The minimum atomic E-state index is 0.0889. The fourth-order valence-electron chi connectivity index (χ4n) is 2.24. The van der Waals surface area contributed by atoms with E-state index in [1.807, 2.05) is 39.0 Å². The van der Waals surface area contributed by atoms with Gasteiger partial charge >= 0.3 is 0 Å². The van der Waals surface area contributed by atoms with E-state index in [4.69, 9.17) is 4.74 Å². The van der Waals surface area contributed by atoms with Crippen LogP contribution in [-0.2, 0) is 4.79 Å². The van der Waals surface area contributed by atoms with E-state index in [1.165, 1.54) is 0 Å². The first-order chi connectivity index (χ1) is 9.06. The van der Waals surface area contributed by atoms with Crippen LogP contribution in [0.15, 0.2) is 18.2 Å². The molecule has 1 unspecified atom stereocenters. The quantitative estimate of drug-likeness (QED) is 0.875. The van der Waals surface area contributed by atoms with Crippen molar-refractivity contribution >= 4 is 11.6 Å². The van der Waals surface area contributed by atoms with E-state index < -0.39 is 0 Å². The molecule has 2 rings (SSSR count). The summed E-state index contributed by atoms with van der Waals surface area (Å²) in [6.45, 7) is 7.68. The van der Waals surface area contributed by atoms with Gasteiger partial charge in [0.05, 0.1) is 12.0 Å². The van der Waals surface area contributed by atoms with E-state index in [9.17, 15) is 4.79 Å². The Bertz CT molecular complexity index is 451. The number of aryl methyl sites for hydroxylation is 1. The van der Waals surface area contributed by atoms with Gasteiger partial charge in [-0.05, 0) is 57.5 Å². The van der Waals surface area contributed by atoms with Crippen LogP contribution >= 0.6 is 0 Å². The maximum Gasteiger partial charge on any atom is 0.228 e. The van der Waals surface area contributed by atoms with Gasteiger partial charge in [0.2, 0.25) is 5.91 Å². The smallest absolute Gasteiger partial charge is 0.228 e. The monoisotopic (exact) mass is 262 g/mol. The third-order valence-electron chi connectivity index (χ3n) is 3.26. The zero-order chi connectivity index (χ0) is 13.8. The molecule has 0 bridgehead atoms. The number of amides is 1. The van der Waals surface area contributed by atoms with Crippen molar-refractivity contribution in [3.8, 4) is 5.75 Å². The van der Waals surface area contributed by atoms with Crippen molar-refractivity contribution in [2.75, 3.05) is 18.4 Å². The van der Waals surface area contributed by atoms with Crippen molar-refractivity contribution in [3.05, 3.63) is 23.8 Å². The standard InChI is InChI=1S/C15H22N2O2/c1-10(2)19-13-4-5-14(11(3)8-13)17-15(18)12-6-7-16-9-12/h4-5,8,10,12,16H,6-7,9H2,1-3H3,(H,17,18). The Morgan fingerprint density at radius 3 is 2.84 bits per heavy atom. The van der Waals surface area contributed by atoms with Crippen molar-refractivity contribution in [3.63, 3.8) is 0 Å². The van der Waals surface area contributed by atoms with Gasteiger partial charge in [-0.2, -0.15) is 0 Å². The molecule has 2 N–H and O–H groups in total. The van der Waals surface area contributed by atoms with Crippen LogP contribution in [0, 0.1) is 12.8 Å². The van der Waals surface area contributed by atoms with Gasteiger partial charge in [-0.3, -0.25) is 4.79 Å². The number of hydrogen-bond donors (Lipinski definition) is 2. The van der Waals surface area contributed by atoms with Crippen molar-refractivity contribution in [2.24, 2.45) is 5.92 Å². The fourth-order valence-corrected chi connectivity index (χ4v) is 2.24. The Labute approximate surface area is 114 Å². The molecule has 1 aromatic rings. The molecule has 1 aromatic carbocycles. The molecule has 1 atom stereocenters. The van der Waals surface area contributed by atoms with Crippen LogP contribution < -0.4 is 15.4 Å². The van der Waals surface area contributed by atoms with E-state index in [1.54, 1.807) is 0 Å². The average Bonchev–Trinajstić information content (AvgIpc) is 2.85. The third kappa shape index (κ3) is 3.70. The lowest BCUT2D eigenvalue weighted by molar-refractivity contribution is -0.119. The molecule has 0 aliphatic carbocycles. The van der Waals surface area contributed by atoms with E-state index in [0.29, 0.717) is 0 Å². The molecule has 1 aliphatic heterocycles. The van der Waals surface area contributed by atoms with Crippen molar-refractivity contribution in [1.82, 2.24) is 5.32 Å². The SMILES string of the molecule is Cc1cc(OC(C)C)ccc1NC(=O)C1CCNC1. The van der Waals surface area contributed by atoms with Crippen molar-refractivity contribution < 1.29 is 9.53 Å². The minimum Gasteiger partial charge on any atom is -0.491 e. The van der Waals surface area contributed by atoms with Crippen LogP contribution in [0.4, 0.5) is 5.69 Å². The molecule has 0 aromatic heterocycles. The van der Waals surface area contributed by atoms with Gasteiger partial charge in [0.15, 0.2) is 0 Å². The molecule has 4 nitrogen and oxygen atoms in total. The van der Waals surface area contributed by atoms with Crippen LogP contribution in [0.25, 0.3) is 0 Å². The number of benzene rings is 1. The summed E-state index contributed by atoms with van der Waals surface area (Å²) in [4.78, 5) is 12.0. The van der Waals surface area contributed by atoms with E-state index in [2.05, 4.69) is 10.6 Å². The number of nitrogens with one attached hydrogen (secondary N) is 2. The largest absolute Gasteiger partial charge is 0.491 e. The number of hydrogen-bond acceptors (Lipinski definition) is 3. The lowest BCUT2D eigenvalue weighted by atomic mass is 10.1. The summed E-state index contributed by atoms with van der Waals surface area (Å²) in [5.41, 5.74) is 1.89. The van der Waals surface area contributed by atoms with E-state index in [-0.39, 0.29) is 17.9 Å². The van der Waals surface area contributed by atoms with Crippen LogP contribution in [0.2, 0.25) is 0 Å². The number of rotatable bonds is 4. The molecule has 1 heterocycles. The first-order valence-corrected chi connectivity index (χ1v) is 6.85. The lowest BCUT2D eigenvalue weighted by Crippen LogP contribution is -2.24. The highest BCUT2D eigenvalue weighted by atomic mass is 16.5. The van der Waals surface area contributed by atoms with Crippen molar-refractivity contribution in [2.45, 2.75) is 33.3 Å². The molecule has 0 saturated carbocycles. The Hall–Kier alpha value is -1.55. The Balaban J connectivity index is 2.02. The molecule has 0 spiro atoms. The Kier molecular flexibility index (Phi) is 4.43. The zero-order valence-electron chi connectivity index (χ0n) is 11.8. The minimum absolute atomic E-state index is 0.0889. The molecule has 1 saturated heterocycles. The summed E-state index contributed by atoms with van der Waals surface area (Å²) in [7, 11) is 0. The molecule has 4 heteroatoms. The second kappa shape index (κ2) is 6.06. The molecule has 1 aliphatic rings. The molecule has 104 valence electrons. The van der Waals surface area contributed by atoms with Gasteiger partial charge < -0.3 is 15.4 Å².